The van der Waals surface area contributed by atoms with E-state index in [2.05, 4.69) is 13.8 Å². The van der Waals surface area contributed by atoms with E-state index in [9.17, 15) is 5.11 Å². The standard InChI is InChI=1S/C12H26O2/c1-10(2)6-5-7-12(13)9-8-11(3)14-4/h10-13H,5-9H2,1-4H3. The van der Waals surface area contributed by atoms with Gasteiger partial charge in [0.15, 0.2) is 0 Å². The van der Waals surface area contributed by atoms with Crippen molar-refractivity contribution in [2.24, 2.45) is 5.92 Å². The molecule has 0 spiro atoms. The summed E-state index contributed by atoms with van der Waals surface area (Å²) in [6.07, 6.45) is 5.26. The fourth-order valence-electron chi connectivity index (χ4n) is 1.45. The van der Waals surface area contributed by atoms with Crippen LogP contribution >= 0.6 is 0 Å². The molecule has 0 aromatic rings. The minimum atomic E-state index is -0.133. The van der Waals surface area contributed by atoms with E-state index in [1.165, 1.54) is 6.42 Å². The third-order valence-electron chi connectivity index (χ3n) is 2.63. The lowest BCUT2D eigenvalue weighted by atomic mass is 10.0. The van der Waals surface area contributed by atoms with Gasteiger partial charge in [0.25, 0.3) is 0 Å². The maximum atomic E-state index is 9.65. The Morgan fingerprint density at radius 1 is 1.00 bits per heavy atom. The lowest BCUT2D eigenvalue weighted by Gasteiger charge is -2.14. The molecule has 0 rings (SSSR count). The third kappa shape index (κ3) is 8.52. The topological polar surface area (TPSA) is 29.5 Å². The highest BCUT2D eigenvalue weighted by molar-refractivity contribution is 4.60. The first kappa shape index (κ1) is 13.9. The zero-order valence-electron chi connectivity index (χ0n) is 10.1. The van der Waals surface area contributed by atoms with Crippen LogP contribution in [-0.2, 0) is 4.74 Å². The molecule has 2 heteroatoms. The molecule has 0 aliphatic rings. The molecule has 0 fully saturated rings. The van der Waals surface area contributed by atoms with Crippen LogP contribution in [-0.4, -0.2) is 24.4 Å². The van der Waals surface area contributed by atoms with Crippen LogP contribution in [0.4, 0.5) is 0 Å². The van der Waals surface area contributed by atoms with Gasteiger partial charge in [-0.15, -0.1) is 0 Å². The van der Waals surface area contributed by atoms with Crippen molar-refractivity contribution in [2.75, 3.05) is 7.11 Å². The third-order valence-corrected chi connectivity index (χ3v) is 2.63. The zero-order chi connectivity index (χ0) is 11.0. The van der Waals surface area contributed by atoms with E-state index in [0.717, 1.165) is 31.6 Å². The quantitative estimate of drug-likeness (QED) is 0.655. The predicted molar refractivity (Wildman–Crippen MR) is 60.4 cm³/mol. The Morgan fingerprint density at radius 3 is 2.14 bits per heavy atom. The van der Waals surface area contributed by atoms with Gasteiger partial charge >= 0.3 is 0 Å². The van der Waals surface area contributed by atoms with E-state index < -0.39 is 0 Å². The van der Waals surface area contributed by atoms with Crippen molar-refractivity contribution >= 4 is 0 Å². The summed E-state index contributed by atoms with van der Waals surface area (Å²) in [5.41, 5.74) is 0. The largest absolute Gasteiger partial charge is 0.393 e. The van der Waals surface area contributed by atoms with Crippen molar-refractivity contribution in [2.45, 2.75) is 65.1 Å². The zero-order valence-corrected chi connectivity index (χ0v) is 10.1. The maximum absolute atomic E-state index is 9.65. The van der Waals surface area contributed by atoms with E-state index in [-0.39, 0.29) is 12.2 Å². The molecule has 0 aromatic carbocycles. The highest BCUT2D eigenvalue weighted by atomic mass is 16.5. The molecule has 0 bridgehead atoms. The van der Waals surface area contributed by atoms with Gasteiger partial charge in [-0.1, -0.05) is 26.7 Å². The average molecular weight is 202 g/mol. The van der Waals surface area contributed by atoms with E-state index in [0.29, 0.717) is 0 Å². The van der Waals surface area contributed by atoms with Crippen LogP contribution in [0.2, 0.25) is 0 Å². The van der Waals surface area contributed by atoms with Crippen LogP contribution in [0.3, 0.4) is 0 Å². The molecule has 2 unspecified atom stereocenters. The van der Waals surface area contributed by atoms with Gasteiger partial charge < -0.3 is 9.84 Å². The van der Waals surface area contributed by atoms with Gasteiger partial charge in [-0.2, -0.15) is 0 Å². The van der Waals surface area contributed by atoms with Crippen molar-refractivity contribution in [3.05, 3.63) is 0 Å². The lowest BCUT2D eigenvalue weighted by Crippen LogP contribution is -2.12. The molecule has 0 aliphatic heterocycles. The van der Waals surface area contributed by atoms with Crippen LogP contribution < -0.4 is 0 Å². The SMILES string of the molecule is COC(C)CCC(O)CCCC(C)C. The number of ether oxygens (including phenoxy) is 1. The molecule has 2 atom stereocenters. The Hall–Kier alpha value is -0.0800. The molecule has 2 nitrogen and oxygen atoms in total. The average Bonchev–Trinajstić information content (AvgIpc) is 2.13. The summed E-state index contributed by atoms with van der Waals surface area (Å²) in [5.74, 6) is 0.750. The minimum Gasteiger partial charge on any atom is -0.393 e. The van der Waals surface area contributed by atoms with Gasteiger partial charge in [-0.25, -0.2) is 0 Å². The Labute approximate surface area is 88.7 Å². The summed E-state index contributed by atoms with van der Waals surface area (Å²) in [5, 5.41) is 9.65. The van der Waals surface area contributed by atoms with E-state index in [1.807, 2.05) is 6.92 Å². The molecule has 0 saturated carbocycles. The first-order chi connectivity index (χ1) is 6.56. The Balaban J connectivity index is 3.32. The van der Waals surface area contributed by atoms with Crippen LogP contribution in [0.1, 0.15) is 52.9 Å². The van der Waals surface area contributed by atoms with E-state index in [4.69, 9.17) is 4.74 Å². The summed E-state index contributed by atoms with van der Waals surface area (Å²) in [4.78, 5) is 0. The number of aliphatic hydroxyl groups is 1. The summed E-state index contributed by atoms with van der Waals surface area (Å²) < 4.78 is 5.13. The van der Waals surface area contributed by atoms with Gasteiger partial charge in [-0.3, -0.25) is 0 Å². The molecule has 0 aromatic heterocycles. The summed E-state index contributed by atoms with van der Waals surface area (Å²) in [6.45, 7) is 6.49. The second-order valence-electron chi connectivity index (χ2n) is 4.60. The fourth-order valence-corrected chi connectivity index (χ4v) is 1.45. The van der Waals surface area contributed by atoms with E-state index in [1.54, 1.807) is 7.11 Å². The molecule has 1 N–H and O–H groups in total. The molecule has 0 heterocycles. The summed E-state index contributed by atoms with van der Waals surface area (Å²) in [6, 6.07) is 0. The highest BCUT2D eigenvalue weighted by Gasteiger charge is 2.07. The molecule has 0 saturated heterocycles. The van der Waals surface area contributed by atoms with Crippen molar-refractivity contribution in [3.8, 4) is 0 Å². The monoisotopic (exact) mass is 202 g/mol. The smallest absolute Gasteiger partial charge is 0.0544 e. The molecule has 0 radical (unpaired) electrons. The normalized spacial score (nSPS) is 15.9. The highest BCUT2D eigenvalue weighted by Crippen LogP contribution is 2.12. The van der Waals surface area contributed by atoms with Crippen LogP contribution in [0.25, 0.3) is 0 Å². The second kappa shape index (κ2) is 8.25. The second-order valence-corrected chi connectivity index (χ2v) is 4.60. The molecular weight excluding hydrogens is 176 g/mol. The Bertz CT molecular complexity index is 123. The van der Waals surface area contributed by atoms with Gasteiger partial charge in [0.2, 0.25) is 0 Å². The fraction of sp³-hybridized carbons (Fsp3) is 1.00. The van der Waals surface area contributed by atoms with Gasteiger partial charge in [0, 0.05) is 7.11 Å². The maximum Gasteiger partial charge on any atom is 0.0544 e. The van der Waals surface area contributed by atoms with Crippen molar-refractivity contribution < 1.29 is 9.84 Å². The molecule has 0 aliphatic carbocycles. The number of rotatable bonds is 8. The first-order valence-corrected chi connectivity index (χ1v) is 5.77. The lowest BCUT2D eigenvalue weighted by molar-refractivity contribution is 0.0814. The summed E-state index contributed by atoms with van der Waals surface area (Å²) in [7, 11) is 1.72. The van der Waals surface area contributed by atoms with Gasteiger partial charge in [0.1, 0.15) is 0 Å². The summed E-state index contributed by atoms with van der Waals surface area (Å²) >= 11 is 0. The van der Waals surface area contributed by atoms with Crippen LogP contribution in [0.15, 0.2) is 0 Å². The van der Waals surface area contributed by atoms with Crippen molar-refractivity contribution in [1.29, 1.82) is 0 Å². The number of hydrogen-bond acceptors (Lipinski definition) is 2. The Kier molecular flexibility index (Phi) is 8.20. The molecular formula is C12H26O2. The molecule has 0 amide bonds. The van der Waals surface area contributed by atoms with Crippen LogP contribution in [0, 0.1) is 5.92 Å². The first-order valence-electron chi connectivity index (χ1n) is 5.77. The van der Waals surface area contributed by atoms with Crippen molar-refractivity contribution in [3.63, 3.8) is 0 Å². The predicted octanol–water partition coefficient (Wildman–Crippen LogP) is 2.99. The van der Waals surface area contributed by atoms with Gasteiger partial charge in [0.05, 0.1) is 12.2 Å². The number of aliphatic hydroxyl groups excluding tert-OH is 1. The Morgan fingerprint density at radius 2 is 1.64 bits per heavy atom. The minimum absolute atomic E-state index is 0.133. The van der Waals surface area contributed by atoms with Crippen LogP contribution in [0.5, 0.6) is 0 Å². The molecule has 14 heavy (non-hydrogen) atoms. The number of hydrogen-bond donors (Lipinski definition) is 1. The van der Waals surface area contributed by atoms with Crippen molar-refractivity contribution in [1.82, 2.24) is 0 Å². The van der Waals surface area contributed by atoms with E-state index >= 15 is 0 Å². The number of methoxy groups -OCH3 is 1. The van der Waals surface area contributed by atoms with Gasteiger partial charge in [-0.05, 0) is 32.1 Å². The molecule has 86 valence electrons.